The fourth-order valence-corrected chi connectivity index (χ4v) is 3.72. The molecule has 0 spiro atoms. The molecule has 2 unspecified atom stereocenters. The standard InChI is InChI=1S/C23H22ClF2N3OS/c1-14(15-7-9-16(25)10-8-15)27-22(31)29-20-12-11-17(13-23(20,2)24)28-21(30)18-5-3-4-6-19(18)26/h3-12,14H,13H2,1-2H3,(H,28,30)(H2,27,29,31). The Morgan fingerprint density at radius 1 is 1.10 bits per heavy atom. The number of rotatable bonds is 5. The van der Waals surface area contributed by atoms with Gasteiger partial charge < -0.3 is 16.0 Å². The summed E-state index contributed by atoms with van der Waals surface area (Å²) < 4.78 is 26.9. The number of hydrogen-bond donors (Lipinski definition) is 3. The summed E-state index contributed by atoms with van der Waals surface area (Å²) in [4.78, 5) is 11.5. The number of carbonyl (C=O) groups is 1. The molecule has 1 amide bonds. The first-order valence-corrected chi connectivity index (χ1v) is 10.4. The van der Waals surface area contributed by atoms with Gasteiger partial charge in [-0.05, 0) is 68.0 Å². The van der Waals surface area contributed by atoms with E-state index < -0.39 is 16.6 Å². The first-order chi connectivity index (χ1) is 14.7. The molecule has 0 saturated carbocycles. The van der Waals surface area contributed by atoms with Gasteiger partial charge in [0.05, 0.1) is 16.5 Å². The average molecular weight is 462 g/mol. The van der Waals surface area contributed by atoms with Crippen molar-refractivity contribution in [2.75, 3.05) is 0 Å². The second-order valence-corrected chi connectivity index (χ2v) is 8.69. The van der Waals surface area contributed by atoms with Crippen LogP contribution in [0.25, 0.3) is 0 Å². The minimum absolute atomic E-state index is 0.0345. The molecule has 1 aliphatic carbocycles. The van der Waals surface area contributed by atoms with E-state index in [0.29, 0.717) is 22.9 Å². The van der Waals surface area contributed by atoms with E-state index in [1.54, 1.807) is 37.3 Å². The highest BCUT2D eigenvalue weighted by Crippen LogP contribution is 2.33. The molecule has 1 aliphatic rings. The van der Waals surface area contributed by atoms with Gasteiger partial charge in [0.2, 0.25) is 0 Å². The molecule has 3 N–H and O–H groups in total. The first kappa shape index (κ1) is 22.9. The third-order valence-corrected chi connectivity index (χ3v) is 5.45. The lowest BCUT2D eigenvalue weighted by Gasteiger charge is -2.31. The van der Waals surface area contributed by atoms with Crippen LogP contribution < -0.4 is 16.0 Å². The molecule has 0 heterocycles. The summed E-state index contributed by atoms with van der Waals surface area (Å²) in [6.07, 6.45) is 3.74. The minimum atomic E-state index is -0.864. The molecule has 2 aromatic carbocycles. The van der Waals surface area contributed by atoms with Crippen molar-refractivity contribution in [1.82, 2.24) is 16.0 Å². The number of hydrogen-bond acceptors (Lipinski definition) is 2. The van der Waals surface area contributed by atoms with E-state index in [1.165, 1.54) is 30.3 Å². The van der Waals surface area contributed by atoms with E-state index in [4.69, 9.17) is 23.8 Å². The van der Waals surface area contributed by atoms with E-state index in [-0.39, 0.29) is 17.4 Å². The Kier molecular flexibility index (Phi) is 7.08. The van der Waals surface area contributed by atoms with E-state index in [2.05, 4.69) is 16.0 Å². The lowest BCUT2D eigenvalue weighted by molar-refractivity contribution is 0.0960. The van der Waals surface area contributed by atoms with Crippen LogP contribution in [0.2, 0.25) is 0 Å². The molecule has 2 aromatic rings. The summed E-state index contributed by atoms with van der Waals surface area (Å²) in [5.74, 6) is -1.42. The Morgan fingerprint density at radius 3 is 2.42 bits per heavy atom. The molecule has 0 aromatic heterocycles. The van der Waals surface area contributed by atoms with Gasteiger partial charge in [-0.2, -0.15) is 0 Å². The van der Waals surface area contributed by atoms with Gasteiger partial charge in [-0.1, -0.05) is 24.3 Å². The lowest BCUT2D eigenvalue weighted by atomic mass is 9.95. The fourth-order valence-electron chi connectivity index (χ4n) is 3.18. The highest BCUT2D eigenvalue weighted by atomic mass is 35.5. The predicted octanol–water partition coefficient (Wildman–Crippen LogP) is 5.09. The normalized spacial score (nSPS) is 19.0. The van der Waals surface area contributed by atoms with Crippen LogP contribution in [0.4, 0.5) is 8.78 Å². The van der Waals surface area contributed by atoms with Gasteiger partial charge in [0.15, 0.2) is 5.11 Å². The van der Waals surface area contributed by atoms with E-state index in [1.807, 2.05) is 6.92 Å². The molecule has 2 atom stereocenters. The monoisotopic (exact) mass is 461 g/mol. The molecular formula is C23H22ClF2N3OS. The molecule has 8 heteroatoms. The van der Waals surface area contributed by atoms with Crippen molar-refractivity contribution >= 4 is 34.8 Å². The minimum Gasteiger partial charge on any atom is -0.356 e. The molecule has 0 saturated heterocycles. The highest BCUT2D eigenvalue weighted by molar-refractivity contribution is 7.80. The molecule has 0 radical (unpaired) electrons. The Labute approximate surface area is 190 Å². The number of benzene rings is 2. The number of allylic oxidation sites excluding steroid dienone is 4. The first-order valence-electron chi connectivity index (χ1n) is 9.65. The van der Waals surface area contributed by atoms with Crippen molar-refractivity contribution < 1.29 is 13.6 Å². The molecule has 3 rings (SSSR count). The quantitative estimate of drug-likeness (QED) is 0.429. The van der Waals surface area contributed by atoms with Crippen molar-refractivity contribution in [1.29, 1.82) is 0 Å². The number of halogens is 3. The van der Waals surface area contributed by atoms with Crippen molar-refractivity contribution in [2.45, 2.75) is 31.2 Å². The zero-order valence-corrected chi connectivity index (χ0v) is 18.6. The Morgan fingerprint density at radius 2 is 1.77 bits per heavy atom. The molecule has 0 bridgehead atoms. The summed E-state index contributed by atoms with van der Waals surface area (Å²) in [7, 11) is 0. The summed E-state index contributed by atoms with van der Waals surface area (Å²) in [6, 6.07) is 11.8. The van der Waals surface area contributed by atoms with Crippen molar-refractivity contribution in [3.05, 3.63) is 94.8 Å². The number of alkyl halides is 1. The van der Waals surface area contributed by atoms with Gasteiger partial charge in [0, 0.05) is 17.8 Å². The molecule has 31 heavy (non-hydrogen) atoms. The predicted molar refractivity (Wildman–Crippen MR) is 123 cm³/mol. The van der Waals surface area contributed by atoms with Crippen LogP contribution in [-0.4, -0.2) is 15.9 Å². The maximum Gasteiger partial charge on any atom is 0.258 e. The summed E-state index contributed by atoms with van der Waals surface area (Å²) >= 11 is 12.1. The molecule has 0 aliphatic heterocycles. The number of thiocarbonyl (C=S) groups is 1. The average Bonchev–Trinajstić information content (AvgIpc) is 2.70. The zero-order chi connectivity index (χ0) is 22.6. The van der Waals surface area contributed by atoms with E-state index in [9.17, 15) is 13.6 Å². The second-order valence-electron chi connectivity index (χ2n) is 7.45. The maximum atomic E-state index is 13.8. The van der Waals surface area contributed by atoms with Gasteiger partial charge in [-0.15, -0.1) is 11.6 Å². The molecular weight excluding hydrogens is 440 g/mol. The van der Waals surface area contributed by atoms with Crippen LogP contribution in [0.15, 0.2) is 72.1 Å². The van der Waals surface area contributed by atoms with Crippen molar-refractivity contribution in [3.63, 3.8) is 0 Å². The zero-order valence-electron chi connectivity index (χ0n) is 17.0. The lowest BCUT2D eigenvalue weighted by Crippen LogP contribution is -2.43. The summed E-state index contributed by atoms with van der Waals surface area (Å²) in [6.45, 7) is 3.70. The van der Waals surface area contributed by atoms with E-state index in [0.717, 1.165) is 5.56 Å². The molecule has 4 nitrogen and oxygen atoms in total. The summed E-state index contributed by atoms with van der Waals surface area (Å²) in [5, 5.41) is 9.31. The van der Waals surface area contributed by atoms with E-state index >= 15 is 0 Å². The largest absolute Gasteiger partial charge is 0.356 e. The Bertz CT molecular complexity index is 1050. The van der Waals surface area contributed by atoms with Crippen LogP contribution in [0, 0.1) is 11.6 Å². The van der Waals surface area contributed by atoms with Crippen LogP contribution in [0.3, 0.4) is 0 Å². The van der Waals surface area contributed by atoms with Crippen LogP contribution in [-0.2, 0) is 0 Å². The maximum absolute atomic E-state index is 13.8. The van der Waals surface area contributed by atoms with Crippen molar-refractivity contribution in [2.24, 2.45) is 0 Å². The SMILES string of the molecule is CC(NC(=S)NC1=CC=C(NC(=O)c2ccccc2F)CC1(C)Cl)c1ccc(F)cc1. The van der Waals surface area contributed by atoms with Crippen LogP contribution in [0.1, 0.15) is 42.2 Å². The number of nitrogens with one attached hydrogen (secondary N) is 3. The van der Waals surface area contributed by atoms with Gasteiger partial charge >= 0.3 is 0 Å². The summed E-state index contributed by atoms with van der Waals surface area (Å²) in [5.41, 5.74) is 2.07. The Balaban J connectivity index is 1.64. The van der Waals surface area contributed by atoms with Gasteiger partial charge in [0.25, 0.3) is 5.91 Å². The van der Waals surface area contributed by atoms with Crippen LogP contribution >= 0.6 is 23.8 Å². The van der Waals surface area contributed by atoms with Gasteiger partial charge in [-0.3, -0.25) is 4.79 Å². The van der Waals surface area contributed by atoms with Crippen molar-refractivity contribution in [3.8, 4) is 0 Å². The second kappa shape index (κ2) is 9.58. The smallest absolute Gasteiger partial charge is 0.258 e. The fraction of sp³-hybridized carbons (Fsp3) is 0.217. The Hall–Kier alpha value is -2.77. The third-order valence-electron chi connectivity index (χ3n) is 4.89. The van der Waals surface area contributed by atoms with Crippen LogP contribution in [0.5, 0.6) is 0 Å². The highest BCUT2D eigenvalue weighted by Gasteiger charge is 2.31. The molecule has 162 valence electrons. The number of carbonyl (C=O) groups excluding carboxylic acids is 1. The van der Waals surface area contributed by atoms with Gasteiger partial charge in [-0.25, -0.2) is 8.78 Å². The topological polar surface area (TPSA) is 53.2 Å². The molecule has 0 fully saturated rings. The number of amides is 1. The van der Waals surface area contributed by atoms with Gasteiger partial charge in [0.1, 0.15) is 11.6 Å². The third kappa shape index (κ3) is 5.89.